The molecule has 0 bridgehead atoms. The van der Waals surface area contributed by atoms with Crippen molar-refractivity contribution in [1.29, 1.82) is 0 Å². The average Bonchev–Trinajstić information content (AvgIpc) is 2.26. The summed E-state index contributed by atoms with van der Waals surface area (Å²) in [6.45, 7) is 4.03. The van der Waals surface area contributed by atoms with Gasteiger partial charge in [0.1, 0.15) is 5.69 Å². The number of ketones is 1. The Balaban J connectivity index is 2.63. The Morgan fingerprint density at radius 1 is 1.56 bits per heavy atom. The number of anilines is 1. The maximum atomic E-state index is 11.0. The normalized spacial score (nSPS) is 12.2. The standard InChI is InChI=1S/C12H18N2O2/c1-9(15)6-7-14(3)11-4-5-12(10(2)16)13-8-11/h4-5,8-9,15H,6-7H2,1-3H3. The second-order valence-electron chi connectivity index (χ2n) is 4.02. The van der Waals surface area contributed by atoms with Gasteiger partial charge in [-0.25, -0.2) is 0 Å². The average molecular weight is 222 g/mol. The fraction of sp³-hybridized carbons (Fsp3) is 0.500. The molecule has 1 aromatic heterocycles. The molecule has 0 spiro atoms. The topological polar surface area (TPSA) is 53.4 Å². The highest BCUT2D eigenvalue weighted by Crippen LogP contribution is 2.12. The van der Waals surface area contributed by atoms with Gasteiger partial charge >= 0.3 is 0 Å². The van der Waals surface area contributed by atoms with E-state index in [0.29, 0.717) is 12.1 Å². The SMILES string of the molecule is CC(=O)c1ccc(N(C)CCC(C)O)cn1. The molecule has 0 aliphatic heterocycles. The van der Waals surface area contributed by atoms with Crippen LogP contribution in [0.2, 0.25) is 0 Å². The van der Waals surface area contributed by atoms with Crippen LogP contribution in [0.25, 0.3) is 0 Å². The maximum absolute atomic E-state index is 11.0. The van der Waals surface area contributed by atoms with Crippen LogP contribution in [0.1, 0.15) is 30.8 Å². The minimum absolute atomic E-state index is 0.0295. The highest BCUT2D eigenvalue weighted by Gasteiger charge is 2.05. The molecule has 1 atom stereocenters. The monoisotopic (exact) mass is 222 g/mol. The Morgan fingerprint density at radius 2 is 2.25 bits per heavy atom. The van der Waals surface area contributed by atoms with Crippen LogP contribution in [-0.4, -0.2) is 35.6 Å². The molecule has 0 radical (unpaired) electrons. The quantitative estimate of drug-likeness (QED) is 0.767. The third-order valence-corrected chi connectivity index (χ3v) is 2.43. The minimum atomic E-state index is -0.299. The third-order valence-electron chi connectivity index (χ3n) is 2.43. The van der Waals surface area contributed by atoms with Gasteiger partial charge < -0.3 is 10.0 Å². The van der Waals surface area contributed by atoms with Gasteiger partial charge in [-0.05, 0) is 25.5 Å². The van der Waals surface area contributed by atoms with Crippen LogP contribution in [0, 0.1) is 0 Å². The number of Topliss-reactive ketones (excluding diaryl/α,β-unsaturated/α-hetero) is 1. The van der Waals surface area contributed by atoms with Crippen molar-refractivity contribution in [2.75, 3.05) is 18.5 Å². The lowest BCUT2D eigenvalue weighted by atomic mass is 10.2. The molecule has 0 aliphatic carbocycles. The summed E-state index contributed by atoms with van der Waals surface area (Å²) in [5.74, 6) is -0.0295. The van der Waals surface area contributed by atoms with Crippen LogP contribution in [-0.2, 0) is 0 Å². The van der Waals surface area contributed by atoms with E-state index in [1.165, 1.54) is 6.92 Å². The van der Waals surface area contributed by atoms with Gasteiger partial charge in [-0.1, -0.05) is 0 Å². The second-order valence-corrected chi connectivity index (χ2v) is 4.02. The number of carbonyl (C=O) groups is 1. The van der Waals surface area contributed by atoms with Crippen LogP contribution < -0.4 is 4.90 Å². The van der Waals surface area contributed by atoms with Crippen molar-refractivity contribution in [2.45, 2.75) is 26.4 Å². The summed E-state index contributed by atoms with van der Waals surface area (Å²) in [5, 5.41) is 9.18. The first-order chi connectivity index (χ1) is 7.50. The van der Waals surface area contributed by atoms with Gasteiger partial charge in [-0.3, -0.25) is 9.78 Å². The van der Waals surface area contributed by atoms with E-state index >= 15 is 0 Å². The van der Waals surface area contributed by atoms with Crippen molar-refractivity contribution in [2.24, 2.45) is 0 Å². The fourth-order valence-corrected chi connectivity index (χ4v) is 1.33. The molecule has 1 aromatic rings. The van der Waals surface area contributed by atoms with Crippen molar-refractivity contribution in [1.82, 2.24) is 4.98 Å². The lowest BCUT2D eigenvalue weighted by Crippen LogP contribution is -2.22. The highest BCUT2D eigenvalue weighted by atomic mass is 16.3. The number of aliphatic hydroxyl groups excluding tert-OH is 1. The van der Waals surface area contributed by atoms with E-state index in [1.807, 2.05) is 18.0 Å². The largest absolute Gasteiger partial charge is 0.393 e. The van der Waals surface area contributed by atoms with Crippen LogP contribution in [0.3, 0.4) is 0 Å². The first-order valence-electron chi connectivity index (χ1n) is 5.37. The van der Waals surface area contributed by atoms with Crippen LogP contribution in [0.4, 0.5) is 5.69 Å². The first kappa shape index (κ1) is 12.6. The number of pyridine rings is 1. The van der Waals surface area contributed by atoms with Gasteiger partial charge in [0.15, 0.2) is 5.78 Å². The summed E-state index contributed by atoms with van der Waals surface area (Å²) in [7, 11) is 1.94. The maximum Gasteiger partial charge on any atom is 0.178 e. The van der Waals surface area contributed by atoms with E-state index in [0.717, 1.165) is 12.2 Å². The molecule has 0 fully saturated rings. The Bertz CT molecular complexity index is 347. The number of carbonyl (C=O) groups excluding carboxylic acids is 1. The van der Waals surface area contributed by atoms with Gasteiger partial charge in [0.05, 0.1) is 18.0 Å². The Kier molecular flexibility index (Phi) is 4.43. The Morgan fingerprint density at radius 3 is 2.69 bits per heavy atom. The van der Waals surface area contributed by atoms with E-state index < -0.39 is 0 Å². The summed E-state index contributed by atoms with van der Waals surface area (Å²) in [5.41, 5.74) is 1.43. The molecule has 4 nitrogen and oxygen atoms in total. The van der Waals surface area contributed by atoms with Gasteiger partial charge in [-0.2, -0.15) is 0 Å². The molecule has 0 amide bonds. The summed E-state index contributed by atoms with van der Waals surface area (Å²) < 4.78 is 0. The molecule has 1 unspecified atom stereocenters. The smallest absolute Gasteiger partial charge is 0.178 e. The van der Waals surface area contributed by atoms with E-state index in [9.17, 15) is 9.90 Å². The summed E-state index contributed by atoms with van der Waals surface area (Å²) in [6.07, 6.45) is 2.09. The predicted octanol–water partition coefficient (Wildman–Crippen LogP) is 1.49. The fourth-order valence-electron chi connectivity index (χ4n) is 1.33. The van der Waals surface area contributed by atoms with Gasteiger partial charge in [0.2, 0.25) is 0 Å². The molecule has 1 heterocycles. The predicted molar refractivity (Wildman–Crippen MR) is 63.8 cm³/mol. The van der Waals surface area contributed by atoms with E-state index in [1.54, 1.807) is 19.2 Å². The number of aromatic nitrogens is 1. The van der Waals surface area contributed by atoms with Gasteiger partial charge in [0.25, 0.3) is 0 Å². The number of nitrogens with zero attached hydrogens (tertiary/aromatic N) is 2. The molecular formula is C12H18N2O2. The first-order valence-corrected chi connectivity index (χ1v) is 5.37. The molecule has 4 heteroatoms. The van der Waals surface area contributed by atoms with Gasteiger partial charge in [-0.15, -0.1) is 0 Å². The molecule has 0 aliphatic rings. The number of hydrogen-bond donors (Lipinski definition) is 1. The molecule has 1 N–H and O–H groups in total. The van der Waals surface area contributed by atoms with Crippen LogP contribution in [0.15, 0.2) is 18.3 Å². The third kappa shape index (κ3) is 3.62. The molecular weight excluding hydrogens is 204 g/mol. The van der Waals surface area contributed by atoms with E-state index in [4.69, 9.17) is 0 Å². The van der Waals surface area contributed by atoms with Crippen molar-refractivity contribution >= 4 is 11.5 Å². The minimum Gasteiger partial charge on any atom is -0.393 e. The van der Waals surface area contributed by atoms with Crippen LogP contribution >= 0.6 is 0 Å². The highest BCUT2D eigenvalue weighted by molar-refractivity contribution is 5.92. The van der Waals surface area contributed by atoms with E-state index in [-0.39, 0.29) is 11.9 Å². The molecule has 16 heavy (non-hydrogen) atoms. The number of hydrogen-bond acceptors (Lipinski definition) is 4. The zero-order valence-corrected chi connectivity index (χ0v) is 9.97. The molecule has 0 saturated heterocycles. The van der Waals surface area contributed by atoms with Crippen molar-refractivity contribution in [3.05, 3.63) is 24.0 Å². The summed E-state index contributed by atoms with van der Waals surface area (Å²) in [6, 6.07) is 3.59. The van der Waals surface area contributed by atoms with Crippen LogP contribution in [0.5, 0.6) is 0 Å². The Hall–Kier alpha value is -1.42. The molecule has 0 saturated carbocycles. The number of rotatable bonds is 5. The van der Waals surface area contributed by atoms with Gasteiger partial charge in [0, 0.05) is 20.5 Å². The zero-order valence-electron chi connectivity index (χ0n) is 9.97. The van der Waals surface area contributed by atoms with E-state index in [2.05, 4.69) is 4.98 Å². The summed E-state index contributed by atoms with van der Waals surface area (Å²) >= 11 is 0. The Labute approximate surface area is 95.9 Å². The second kappa shape index (κ2) is 5.61. The summed E-state index contributed by atoms with van der Waals surface area (Å²) in [4.78, 5) is 17.1. The molecule has 0 aromatic carbocycles. The number of aliphatic hydroxyl groups is 1. The van der Waals surface area contributed by atoms with Crippen molar-refractivity contribution in [3.8, 4) is 0 Å². The zero-order chi connectivity index (χ0) is 12.1. The lowest BCUT2D eigenvalue weighted by Gasteiger charge is -2.19. The van der Waals surface area contributed by atoms with Crippen molar-refractivity contribution in [3.63, 3.8) is 0 Å². The van der Waals surface area contributed by atoms with Crippen molar-refractivity contribution < 1.29 is 9.90 Å². The molecule has 1 rings (SSSR count). The molecule has 88 valence electrons. The lowest BCUT2D eigenvalue weighted by molar-refractivity contribution is 0.101.